The Balaban J connectivity index is 2.02. The number of hydrogen-bond donors (Lipinski definition) is 2. The second kappa shape index (κ2) is 8.48. The predicted octanol–water partition coefficient (Wildman–Crippen LogP) is 2.14. The fourth-order valence-corrected chi connectivity index (χ4v) is 5.84. The number of nitrogens with zero attached hydrogens (tertiary/aromatic N) is 2. The second-order valence-electron chi connectivity index (χ2n) is 7.26. The highest BCUT2D eigenvalue weighted by atomic mass is 32.2. The van der Waals surface area contributed by atoms with E-state index in [1.807, 2.05) is 0 Å². The molecule has 0 aliphatic heterocycles. The molecule has 2 aromatic rings. The lowest BCUT2D eigenvalue weighted by atomic mass is 9.94. The van der Waals surface area contributed by atoms with Crippen LogP contribution in [-0.2, 0) is 43.8 Å². The zero-order valence-corrected chi connectivity index (χ0v) is 18.4. The van der Waals surface area contributed by atoms with Gasteiger partial charge in [0, 0.05) is 11.3 Å². The van der Waals surface area contributed by atoms with Crippen LogP contribution in [0.3, 0.4) is 0 Å². The quantitative estimate of drug-likeness (QED) is 0.601. The van der Waals surface area contributed by atoms with Crippen LogP contribution in [0.4, 0.5) is 13.2 Å². The van der Waals surface area contributed by atoms with E-state index in [9.17, 15) is 34.8 Å². The number of fused-ring (bicyclic) bond motifs is 1. The van der Waals surface area contributed by atoms with E-state index >= 15 is 0 Å². The van der Waals surface area contributed by atoms with Crippen LogP contribution < -0.4 is 4.72 Å². The van der Waals surface area contributed by atoms with E-state index in [2.05, 4.69) is 9.82 Å². The first kappa shape index (κ1) is 24.2. The number of nitrogens with one attached hydrogen (secondary N) is 1. The largest absolute Gasteiger partial charge is 0.480 e. The summed E-state index contributed by atoms with van der Waals surface area (Å²) in [6.45, 7) is 0.820. The molecule has 2 N–H and O–H groups in total. The van der Waals surface area contributed by atoms with Crippen LogP contribution in [0, 0.1) is 0 Å². The summed E-state index contributed by atoms with van der Waals surface area (Å²) in [6, 6.07) is 0.641. The van der Waals surface area contributed by atoms with E-state index in [0.717, 1.165) is 0 Å². The average Bonchev–Trinajstić information content (AvgIpc) is 3.10. The molecular weight excluding hydrogens is 475 g/mol. The summed E-state index contributed by atoms with van der Waals surface area (Å²) in [4.78, 5) is 9.41. The first-order valence-corrected chi connectivity index (χ1v) is 12.6. The lowest BCUT2D eigenvalue weighted by Crippen LogP contribution is -2.31. The van der Waals surface area contributed by atoms with Crippen molar-refractivity contribution in [2.45, 2.75) is 54.7 Å². The van der Waals surface area contributed by atoms with Gasteiger partial charge in [0.05, 0.1) is 33.3 Å². The molecule has 0 amide bonds. The van der Waals surface area contributed by atoms with Gasteiger partial charge in [0.15, 0.2) is 9.84 Å². The number of alkyl halides is 3. The molecule has 1 atom stereocenters. The van der Waals surface area contributed by atoms with Gasteiger partial charge in [-0.05, 0) is 37.5 Å². The number of rotatable bonds is 7. The van der Waals surface area contributed by atoms with Crippen LogP contribution >= 0.6 is 0 Å². The topological polar surface area (TPSA) is 135 Å². The Morgan fingerprint density at radius 1 is 1.22 bits per heavy atom. The van der Waals surface area contributed by atoms with E-state index in [1.54, 1.807) is 0 Å². The second-order valence-corrected chi connectivity index (χ2v) is 11.3. The van der Waals surface area contributed by atoms with Crippen molar-refractivity contribution in [1.29, 1.82) is 0 Å². The van der Waals surface area contributed by atoms with E-state index in [1.165, 1.54) is 17.8 Å². The molecule has 0 unspecified atom stereocenters. The monoisotopic (exact) mass is 495 g/mol. The van der Waals surface area contributed by atoms with Gasteiger partial charge in [0.2, 0.25) is 10.0 Å². The molecular formula is C18H20F3N3O6S2. The minimum atomic E-state index is -4.96. The smallest absolute Gasteiger partial charge is 0.416 e. The molecule has 176 valence electrons. The third-order valence-corrected chi connectivity index (χ3v) is 8.27. The van der Waals surface area contributed by atoms with Crippen molar-refractivity contribution in [2.24, 2.45) is 0 Å². The van der Waals surface area contributed by atoms with Crippen molar-refractivity contribution >= 4 is 25.8 Å². The highest BCUT2D eigenvalue weighted by Gasteiger charge is 2.35. The van der Waals surface area contributed by atoms with Crippen molar-refractivity contribution in [1.82, 2.24) is 14.5 Å². The van der Waals surface area contributed by atoms with Gasteiger partial charge in [-0.25, -0.2) is 21.6 Å². The van der Waals surface area contributed by atoms with Crippen molar-refractivity contribution in [3.8, 4) is 0 Å². The van der Waals surface area contributed by atoms with E-state index in [0.29, 0.717) is 48.7 Å². The van der Waals surface area contributed by atoms with Crippen LogP contribution in [0.2, 0.25) is 0 Å². The lowest BCUT2D eigenvalue weighted by molar-refractivity contribution is -0.138. The van der Waals surface area contributed by atoms with Crippen molar-refractivity contribution in [3.63, 3.8) is 0 Å². The summed E-state index contributed by atoms with van der Waals surface area (Å²) < 4.78 is 93.7. The molecule has 1 aliphatic carbocycles. The number of sulfonamides is 1. The summed E-state index contributed by atoms with van der Waals surface area (Å²) >= 11 is 0. The Hall–Kier alpha value is -2.45. The number of hydrogen-bond acceptors (Lipinski definition) is 6. The molecule has 0 saturated heterocycles. The Kier molecular flexibility index (Phi) is 6.41. The summed E-state index contributed by atoms with van der Waals surface area (Å²) in [5.74, 6) is -1.64. The van der Waals surface area contributed by atoms with Gasteiger partial charge < -0.3 is 5.11 Å². The van der Waals surface area contributed by atoms with Gasteiger partial charge in [-0.15, -0.1) is 0 Å². The minimum Gasteiger partial charge on any atom is -0.480 e. The molecule has 0 fully saturated rings. The van der Waals surface area contributed by atoms with Gasteiger partial charge in [-0.3, -0.25) is 9.48 Å². The van der Waals surface area contributed by atoms with Gasteiger partial charge in [-0.1, -0.05) is 6.92 Å². The fraction of sp³-hybridized carbons (Fsp3) is 0.444. The van der Waals surface area contributed by atoms with E-state index < -0.39 is 65.7 Å². The molecule has 14 heteroatoms. The number of benzene rings is 1. The summed E-state index contributed by atoms with van der Waals surface area (Å²) in [6.07, 6.45) is -2.37. The Bertz CT molecular complexity index is 1250. The Morgan fingerprint density at radius 3 is 2.47 bits per heavy atom. The SMILES string of the molecule is CCS(=O)(=O)c1cc(C(F)(F)F)cc(S(=O)(=O)N[C@@H]2CCCc3c2cnn3CC(=O)O)c1. The van der Waals surface area contributed by atoms with Gasteiger partial charge in [0.1, 0.15) is 6.54 Å². The Labute approximate surface area is 182 Å². The number of halogens is 3. The maximum Gasteiger partial charge on any atom is 0.416 e. The number of aliphatic carboxylic acids is 1. The fourth-order valence-electron chi connectivity index (χ4n) is 3.50. The van der Waals surface area contributed by atoms with Gasteiger partial charge in [-0.2, -0.15) is 18.3 Å². The molecule has 0 saturated carbocycles. The zero-order chi connectivity index (χ0) is 23.9. The van der Waals surface area contributed by atoms with Crippen LogP contribution in [0.25, 0.3) is 0 Å². The molecule has 3 rings (SSSR count). The molecule has 0 bridgehead atoms. The predicted molar refractivity (Wildman–Crippen MR) is 105 cm³/mol. The zero-order valence-electron chi connectivity index (χ0n) is 16.8. The van der Waals surface area contributed by atoms with E-state index in [4.69, 9.17) is 5.11 Å². The first-order valence-electron chi connectivity index (χ1n) is 9.48. The molecule has 9 nitrogen and oxygen atoms in total. The highest BCUT2D eigenvalue weighted by molar-refractivity contribution is 7.91. The minimum absolute atomic E-state index is 0.310. The number of carboxylic acids is 1. The maximum absolute atomic E-state index is 13.3. The van der Waals surface area contributed by atoms with E-state index in [-0.39, 0.29) is 0 Å². The first-order chi connectivity index (χ1) is 14.7. The summed E-state index contributed by atoms with van der Waals surface area (Å²) in [7, 11) is -8.67. The van der Waals surface area contributed by atoms with Gasteiger partial charge in [0.25, 0.3) is 0 Å². The lowest BCUT2D eigenvalue weighted by Gasteiger charge is -2.24. The summed E-state index contributed by atoms with van der Waals surface area (Å²) in [5.41, 5.74) is -0.454. The van der Waals surface area contributed by atoms with Crippen LogP contribution in [0.15, 0.2) is 34.2 Å². The highest BCUT2D eigenvalue weighted by Crippen LogP contribution is 2.35. The van der Waals surface area contributed by atoms with Crippen LogP contribution in [0.5, 0.6) is 0 Å². The standard InChI is InChI=1S/C18H20F3N3O6S2/c1-2-31(27,28)12-6-11(18(19,20)21)7-13(8-12)32(29,30)23-15-4-3-5-16-14(15)9-22-24(16)10-17(25)26/h6-9,15,23H,2-5,10H2,1H3,(H,25,26)/t15-/m1/s1. The third-order valence-electron chi connectivity index (χ3n) is 5.10. The Morgan fingerprint density at radius 2 is 1.88 bits per heavy atom. The molecule has 0 spiro atoms. The average molecular weight is 496 g/mol. The molecule has 1 aromatic carbocycles. The van der Waals surface area contributed by atoms with Crippen LogP contribution in [0.1, 0.15) is 42.6 Å². The van der Waals surface area contributed by atoms with Crippen LogP contribution in [-0.4, -0.2) is 43.4 Å². The van der Waals surface area contributed by atoms with Gasteiger partial charge >= 0.3 is 12.1 Å². The van der Waals surface area contributed by atoms with Crippen molar-refractivity contribution < 1.29 is 39.9 Å². The molecule has 32 heavy (non-hydrogen) atoms. The number of aromatic nitrogens is 2. The molecule has 1 heterocycles. The number of carbonyl (C=O) groups is 1. The normalized spacial score (nSPS) is 17.2. The van der Waals surface area contributed by atoms with Crippen molar-refractivity contribution in [2.75, 3.05) is 5.75 Å². The number of carboxylic acid groups (broad SMARTS) is 1. The van der Waals surface area contributed by atoms with Crippen molar-refractivity contribution in [3.05, 3.63) is 41.2 Å². The molecule has 0 radical (unpaired) electrons. The molecule has 1 aromatic heterocycles. The summed E-state index contributed by atoms with van der Waals surface area (Å²) in [5, 5.41) is 12.9. The third kappa shape index (κ3) is 4.96. The number of sulfone groups is 1. The molecule has 1 aliphatic rings. The maximum atomic E-state index is 13.3.